The monoisotopic (exact) mass is 268 g/mol. The Bertz CT molecular complexity index is 524. The summed E-state index contributed by atoms with van der Waals surface area (Å²) < 4.78 is 13.5. The lowest BCUT2D eigenvalue weighted by Gasteiger charge is -2.23. The largest absolute Gasteiger partial charge is 0.374 e. The van der Waals surface area contributed by atoms with Crippen molar-refractivity contribution >= 4 is 17.5 Å². The Morgan fingerprint density at radius 2 is 2.11 bits per heavy atom. The van der Waals surface area contributed by atoms with E-state index in [1.54, 1.807) is 0 Å². The van der Waals surface area contributed by atoms with Crippen molar-refractivity contribution < 1.29 is 16.8 Å². The minimum absolute atomic E-state index is 0. The standard InChI is InChI=1S/C14H17FN2O2.2H2/c1-8(2)9-5-10(15)7-11(6-9)16-12-3-4-13(18)17-14(12)19;;/h5-8,12,16H,3-4H2,1-2H3,(H,17,18,19);2*1H. The second-order valence-electron chi connectivity index (χ2n) is 5.08. The van der Waals surface area contributed by atoms with E-state index in [0.717, 1.165) is 5.56 Å². The van der Waals surface area contributed by atoms with Crippen molar-refractivity contribution in [2.75, 3.05) is 5.32 Å². The molecule has 1 heterocycles. The number of carbonyl (C=O) groups is 2. The number of rotatable bonds is 3. The van der Waals surface area contributed by atoms with E-state index in [4.69, 9.17) is 0 Å². The summed E-state index contributed by atoms with van der Waals surface area (Å²) >= 11 is 0. The summed E-state index contributed by atoms with van der Waals surface area (Å²) in [6, 6.07) is 4.19. The number of imide groups is 1. The van der Waals surface area contributed by atoms with Crippen molar-refractivity contribution in [1.82, 2.24) is 5.32 Å². The second kappa shape index (κ2) is 5.38. The maximum absolute atomic E-state index is 13.5. The van der Waals surface area contributed by atoms with E-state index in [9.17, 15) is 14.0 Å². The number of anilines is 1. The fraction of sp³-hybridized carbons (Fsp3) is 0.429. The maximum atomic E-state index is 13.5. The molecule has 1 aromatic carbocycles. The minimum atomic E-state index is -0.487. The van der Waals surface area contributed by atoms with E-state index < -0.39 is 6.04 Å². The number of nitrogens with one attached hydrogen (secondary N) is 2. The highest BCUT2D eigenvalue weighted by atomic mass is 19.1. The molecule has 1 aliphatic rings. The predicted molar refractivity (Wildman–Crippen MR) is 74.5 cm³/mol. The molecule has 2 N–H and O–H groups in total. The van der Waals surface area contributed by atoms with Crippen LogP contribution in [0.4, 0.5) is 10.1 Å². The molecular weight excluding hydrogens is 247 g/mol. The summed E-state index contributed by atoms with van der Waals surface area (Å²) in [5, 5.41) is 5.25. The minimum Gasteiger partial charge on any atom is -0.374 e. The fourth-order valence-electron chi connectivity index (χ4n) is 2.06. The molecule has 0 aliphatic carbocycles. The molecular formula is C14H21FN2O2. The molecule has 0 spiro atoms. The van der Waals surface area contributed by atoms with Gasteiger partial charge in [-0.1, -0.05) is 13.8 Å². The quantitative estimate of drug-likeness (QED) is 0.829. The van der Waals surface area contributed by atoms with Crippen molar-refractivity contribution in [3.8, 4) is 0 Å². The summed E-state index contributed by atoms with van der Waals surface area (Å²) in [7, 11) is 0. The first-order valence-electron chi connectivity index (χ1n) is 6.36. The number of hydrogen-bond donors (Lipinski definition) is 2. The third-order valence-corrected chi connectivity index (χ3v) is 3.17. The van der Waals surface area contributed by atoms with Gasteiger partial charge < -0.3 is 5.32 Å². The first kappa shape index (κ1) is 13.5. The Balaban J connectivity index is 0.00000200. The van der Waals surface area contributed by atoms with Gasteiger partial charge in [0.25, 0.3) is 0 Å². The molecule has 5 heteroatoms. The van der Waals surface area contributed by atoms with Gasteiger partial charge in [0.15, 0.2) is 0 Å². The lowest BCUT2D eigenvalue weighted by molar-refractivity contribution is -0.133. The Morgan fingerprint density at radius 3 is 2.74 bits per heavy atom. The maximum Gasteiger partial charge on any atom is 0.249 e. The lowest BCUT2D eigenvalue weighted by Crippen LogP contribution is -2.47. The Labute approximate surface area is 114 Å². The molecule has 1 saturated heterocycles. The van der Waals surface area contributed by atoms with Gasteiger partial charge in [0.1, 0.15) is 11.9 Å². The van der Waals surface area contributed by atoms with Crippen LogP contribution in [0.3, 0.4) is 0 Å². The highest BCUT2D eigenvalue weighted by molar-refractivity contribution is 6.01. The molecule has 1 atom stereocenters. The van der Waals surface area contributed by atoms with Crippen molar-refractivity contribution in [3.63, 3.8) is 0 Å². The molecule has 1 aromatic rings. The van der Waals surface area contributed by atoms with E-state index in [0.29, 0.717) is 18.5 Å². The molecule has 2 amide bonds. The van der Waals surface area contributed by atoms with Crippen LogP contribution < -0.4 is 10.6 Å². The summed E-state index contributed by atoms with van der Waals surface area (Å²) in [5.74, 6) is -0.740. The van der Waals surface area contributed by atoms with Gasteiger partial charge in [-0.15, -0.1) is 0 Å². The molecule has 2 rings (SSSR count). The SMILES string of the molecule is CC(C)c1cc(F)cc(NC2CCC(=O)NC2=O)c1.[HH].[HH]. The van der Waals surface area contributed by atoms with Gasteiger partial charge in [-0.3, -0.25) is 14.9 Å². The highest BCUT2D eigenvalue weighted by Crippen LogP contribution is 2.22. The molecule has 0 aromatic heterocycles. The number of carbonyl (C=O) groups excluding carboxylic acids is 2. The summed E-state index contributed by atoms with van der Waals surface area (Å²) in [5.41, 5.74) is 1.44. The van der Waals surface area contributed by atoms with Crippen molar-refractivity contribution in [2.45, 2.75) is 38.6 Å². The first-order chi connectivity index (χ1) is 8.95. The number of hydrogen-bond acceptors (Lipinski definition) is 3. The van der Waals surface area contributed by atoms with Gasteiger partial charge in [-0.25, -0.2) is 4.39 Å². The Hall–Kier alpha value is -1.91. The topological polar surface area (TPSA) is 58.2 Å². The predicted octanol–water partition coefficient (Wildman–Crippen LogP) is 2.66. The second-order valence-corrected chi connectivity index (χ2v) is 5.08. The number of piperidine rings is 1. The molecule has 19 heavy (non-hydrogen) atoms. The summed E-state index contributed by atoms with van der Waals surface area (Å²) in [6.07, 6.45) is 0.730. The molecule has 1 fully saturated rings. The van der Waals surface area contributed by atoms with Crippen LogP contribution in [0.5, 0.6) is 0 Å². The van der Waals surface area contributed by atoms with Crippen LogP contribution >= 0.6 is 0 Å². The molecule has 0 bridgehead atoms. The van der Waals surface area contributed by atoms with Crippen LogP contribution in [0.25, 0.3) is 0 Å². The van der Waals surface area contributed by atoms with Crippen molar-refractivity contribution in [3.05, 3.63) is 29.6 Å². The van der Waals surface area contributed by atoms with Gasteiger partial charge in [-0.2, -0.15) is 0 Å². The van der Waals surface area contributed by atoms with Crippen LogP contribution in [0.15, 0.2) is 18.2 Å². The van der Waals surface area contributed by atoms with Gasteiger partial charge in [-0.05, 0) is 36.1 Å². The zero-order chi connectivity index (χ0) is 14.0. The van der Waals surface area contributed by atoms with E-state index in [2.05, 4.69) is 10.6 Å². The van der Waals surface area contributed by atoms with Gasteiger partial charge in [0, 0.05) is 15.0 Å². The third kappa shape index (κ3) is 3.30. The molecule has 1 unspecified atom stereocenters. The van der Waals surface area contributed by atoms with E-state index >= 15 is 0 Å². The molecule has 106 valence electrons. The van der Waals surface area contributed by atoms with E-state index in [1.807, 2.05) is 19.9 Å². The number of halogens is 1. The Morgan fingerprint density at radius 1 is 1.37 bits per heavy atom. The van der Waals surface area contributed by atoms with Crippen molar-refractivity contribution in [1.29, 1.82) is 0 Å². The van der Waals surface area contributed by atoms with Crippen LogP contribution in [0.2, 0.25) is 0 Å². The molecule has 0 saturated carbocycles. The normalized spacial score (nSPS) is 19.5. The third-order valence-electron chi connectivity index (χ3n) is 3.17. The molecule has 4 nitrogen and oxygen atoms in total. The summed E-state index contributed by atoms with van der Waals surface area (Å²) in [6.45, 7) is 3.95. The van der Waals surface area contributed by atoms with E-state index in [1.165, 1.54) is 12.1 Å². The smallest absolute Gasteiger partial charge is 0.249 e. The van der Waals surface area contributed by atoms with Crippen LogP contribution in [0, 0.1) is 5.82 Å². The Kier molecular flexibility index (Phi) is 3.83. The lowest BCUT2D eigenvalue weighted by atomic mass is 10.0. The van der Waals surface area contributed by atoms with Crippen LogP contribution in [-0.4, -0.2) is 17.9 Å². The number of benzene rings is 1. The van der Waals surface area contributed by atoms with Crippen LogP contribution in [0.1, 0.15) is 41.0 Å². The number of amides is 2. The van der Waals surface area contributed by atoms with Crippen LogP contribution in [-0.2, 0) is 9.59 Å². The molecule has 1 aliphatic heterocycles. The first-order valence-corrected chi connectivity index (χ1v) is 6.36. The average Bonchev–Trinajstić information content (AvgIpc) is 2.32. The van der Waals surface area contributed by atoms with Gasteiger partial charge >= 0.3 is 0 Å². The van der Waals surface area contributed by atoms with E-state index in [-0.39, 0.29) is 26.4 Å². The fourth-order valence-corrected chi connectivity index (χ4v) is 2.06. The zero-order valence-corrected chi connectivity index (χ0v) is 11.0. The summed E-state index contributed by atoms with van der Waals surface area (Å²) in [4.78, 5) is 22.7. The zero-order valence-electron chi connectivity index (χ0n) is 11.0. The van der Waals surface area contributed by atoms with Gasteiger partial charge in [0.05, 0.1) is 0 Å². The highest BCUT2D eigenvalue weighted by Gasteiger charge is 2.26. The van der Waals surface area contributed by atoms with Gasteiger partial charge in [0.2, 0.25) is 11.8 Å². The average molecular weight is 268 g/mol. The molecule has 0 radical (unpaired) electrons. The van der Waals surface area contributed by atoms with Crippen molar-refractivity contribution in [2.24, 2.45) is 0 Å².